The highest BCUT2D eigenvalue weighted by Crippen LogP contribution is 2.17. The minimum Gasteiger partial charge on any atom is -0.269 e. The Bertz CT molecular complexity index is 258. The van der Waals surface area contributed by atoms with Crippen molar-refractivity contribution in [3.8, 4) is 0 Å². The molecule has 0 spiro atoms. The molecule has 0 amide bonds. The topological polar surface area (TPSA) is 29.3 Å². The van der Waals surface area contributed by atoms with Gasteiger partial charge in [-0.2, -0.15) is 0 Å². The molecule has 1 aromatic carbocycles. The highest BCUT2D eigenvalue weighted by atomic mass is 15.4. The van der Waals surface area contributed by atoms with E-state index in [-0.39, 0.29) is 0 Å². The Balaban J connectivity index is 1.98. The van der Waals surface area contributed by atoms with E-state index in [4.69, 9.17) is 5.84 Å². The van der Waals surface area contributed by atoms with Gasteiger partial charge in [0.2, 0.25) is 0 Å². The number of hydrogen-bond acceptors (Lipinski definition) is 2. The van der Waals surface area contributed by atoms with Gasteiger partial charge in [0.15, 0.2) is 0 Å². The molecule has 70 valence electrons. The predicted octanol–water partition coefficient (Wildman–Crippen LogP) is 1.57. The van der Waals surface area contributed by atoms with Gasteiger partial charge in [0.05, 0.1) is 0 Å². The molecule has 13 heavy (non-hydrogen) atoms. The second-order valence-corrected chi connectivity index (χ2v) is 3.72. The molecule has 2 nitrogen and oxygen atoms in total. The first-order chi connectivity index (χ1) is 6.36. The molecule has 0 aromatic heterocycles. The number of benzene rings is 1. The van der Waals surface area contributed by atoms with E-state index in [1.807, 2.05) is 5.01 Å². The molecule has 1 saturated heterocycles. The lowest BCUT2D eigenvalue weighted by Crippen LogP contribution is -2.37. The third kappa shape index (κ3) is 2.08. The smallest absolute Gasteiger partial charge is 0.0282 e. The average molecular weight is 176 g/mol. The molecule has 0 aliphatic carbocycles. The van der Waals surface area contributed by atoms with Crippen LogP contribution in [0.4, 0.5) is 0 Å². The summed E-state index contributed by atoms with van der Waals surface area (Å²) >= 11 is 0. The molecule has 1 fully saturated rings. The fourth-order valence-electron chi connectivity index (χ4n) is 1.96. The zero-order valence-corrected chi connectivity index (χ0v) is 7.82. The largest absolute Gasteiger partial charge is 0.269 e. The van der Waals surface area contributed by atoms with E-state index >= 15 is 0 Å². The molecule has 1 heterocycles. The Hall–Kier alpha value is -0.860. The van der Waals surface area contributed by atoms with Crippen LogP contribution in [0.5, 0.6) is 0 Å². The van der Waals surface area contributed by atoms with Crippen LogP contribution in [-0.4, -0.2) is 17.6 Å². The van der Waals surface area contributed by atoms with Crippen molar-refractivity contribution < 1.29 is 0 Å². The number of nitrogens with two attached hydrogens (primary N) is 1. The maximum absolute atomic E-state index is 5.86. The molecule has 1 aliphatic rings. The van der Waals surface area contributed by atoms with Crippen molar-refractivity contribution in [2.45, 2.75) is 25.3 Å². The Morgan fingerprint density at radius 3 is 2.69 bits per heavy atom. The summed E-state index contributed by atoms with van der Waals surface area (Å²) in [5.41, 5.74) is 1.39. The van der Waals surface area contributed by atoms with Crippen LogP contribution in [-0.2, 0) is 6.42 Å². The molecule has 1 aliphatic heterocycles. The Morgan fingerprint density at radius 1 is 1.31 bits per heavy atom. The van der Waals surface area contributed by atoms with Gasteiger partial charge in [0.25, 0.3) is 0 Å². The Labute approximate surface area is 79.3 Å². The third-order valence-electron chi connectivity index (χ3n) is 2.74. The van der Waals surface area contributed by atoms with E-state index in [1.54, 1.807) is 0 Å². The fourth-order valence-corrected chi connectivity index (χ4v) is 1.96. The molecule has 0 bridgehead atoms. The quantitative estimate of drug-likeness (QED) is 0.693. The third-order valence-corrected chi connectivity index (χ3v) is 2.74. The minimum absolute atomic E-state index is 0.558. The molecule has 1 aromatic rings. The van der Waals surface area contributed by atoms with E-state index in [1.165, 1.54) is 18.4 Å². The summed E-state index contributed by atoms with van der Waals surface area (Å²) in [6.45, 7) is 1.05. The minimum atomic E-state index is 0.558. The summed E-state index contributed by atoms with van der Waals surface area (Å²) in [6, 6.07) is 11.1. The highest BCUT2D eigenvalue weighted by molar-refractivity contribution is 5.16. The molecule has 1 unspecified atom stereocenters. The van der Waals surface area contributed by atoms with Crippen LogP contribution >= 0.6 is 0 Å². The maximum atomic E-state index is 5.86. The van der Waals surface area contributed by atoms with Crippen molar-refractivity contribution in [1.29, 1.82) is 0 Å². The van der Waals surface area contributed by atoms with Crippen molar-refractivity contribution in [2.75, 3.05) is 6.54 Å². The lowest BCUT2D eigenvalue weighted by atomic mass is 10.0. The van der Waals surface area contributed by atoms with Crippen molar-refractivity contribution in [2.24, 2.45) is 5.84 Å². The summed E-state index contributed by atoms with van der Waals surface area (Å²) in [4.78, 5) is 0. The van der Waals surface area contributed by atoms with Crippen molar-refractivity contribution in [3.63, 3.8) is 0 Å². The fraction of sp³-hybridized carbons (Fsp3) is 0.455. The summed E-state index contributed by atoms with van der Waals surface area (Å²) in [7, 11) is 0. The van der Waals surface area contributed by atoms with Crippen LogP contribution in [0.1, 0.15) is 18.4 Å². The second kappa shape index (κ2) is 3.90. The molecule has 2 N–H and O–H groups in total. The van der Waals surface area contributed by atoms with Crippen molar-refractivity contribution >= 4 is 0 Å². The van der Waals surface area contributed by atoms with Crippen molar-refractivity contribution in [1.82, 2.24) is 5.01 Å². The van der Waals surface area contributed by atoms with Crippen molar-refractivity contribution in [3.05, 3.63) is 35.9 Å². The Morgan fingerprint density at radius 2 is 2.08 bits per heavy atom. The first-order valence-corrected chi connectivity index (χ1v) is 4.91. The lowest BCUT2D eigenvalue weighted by molar-refractivity contribution is 0.260. The first kappa shape index (κ1) is 8.73. The van der Waals surface area contributed by atoms with Crippen LogP contribution in [0.3, 0.4) is 0 Å². The van der Waals surface area contributed by atoms with Crippen LogP contribution in [0.25, 0.3) is 0 Å². The first-order valence-electron chi connectivity index (χ1n) is 4.91. The van der Waals surface area contributed by atoms with Gasteiger partial charge in [-0.15, -0.1) is 0 Å². The van der Waals surface area contributed by atoms with Gasteiger partial charge in [0.1, 0.15) is 0 Å². The highest BCUT2D eigenvalue weighted by Gasteiger charge is 2.21. The van der Waals surface area contributed by atoms with E-state index in [0.29, 0.717) is 6.04 Å². The summed E-state index contributed by atoms with van der Waals surface area (Å²) in [6.07, 6.45) is 3.58. The zero-order valence-electron chi connectivity index (χ0n) is 7.82. The van der Waals surface area contributed by atoms with Crippen LogP contribution in [0, 0.1) is 0 Å². The molecule has 1 atom stereocenters. The van der Waals surface area contributed by atoms with Crippen LogP contribution in [0.2, 0.25) is 0 Å². The van der Waals surface area contributed by atoms with E-state index < -0.39 is 0 Å². The van der Waals surface area contributed by atoms with E-state index in [9.17, 15) is 0 Å². The number of rotatable bonds is 2. The van der Waals surface area contributed by atoms with Gasteiger partial charge in [-0.1, -0.05) is 30.3 Å². The SMILES string of the molecule is NN1CCCC1Cc1ccccc1. The van der Waals surface area contributed by atoms with Crippen LogP contribution in [0.15, 0.2) is 30.3 Å². The lowest BCUT2D eigenvalue weighted by Gasteiger charge is -2.18. The summed E-state index contributed by atoms with van der Waals surface area (Å²) < 4.78 is 0. The zero-order chi connectivity index (χ0) is 9.10. The molecule has 0 radical (unpaired) electrons. The molecule has 2 rings (SSSR count). The number of hydrogen-bond donors (Lipinski definition) is 1. The molecule has 0 saturated carbocycles. The monoisotopic (exact) mass is 176 g/mol. The van der Waals surface area contributed by atoms with E-state index in [0.717, 1.165) is 13.0 Å². The van der Waals surface area contributed by atoms with Gasteiger partial charge in [-0.05, 0) is 24.8 Å². The number of hydrazine groups is 1. The second-order valence-electron chi connectivity index (χ2n) is 3.72. The van der Waals surface area contributed by atoms with Crippen LogP contribution < -0.4 is 5.84 Å². The van der Waals surface area contributed by atoms with E-state index in [2.05, 4.69) is 30.3 Å². The van der Waals surface area contributed by atoms with Gasteiger partial charge in [-0.3, -0.25) is 5.84 Å². The van der Waals surface area contributed by atoms with Gasteiger partial charge >= 0.3 is 0 Å². The summed E-state index contributed by atoms with van der Waals surface area (Å²) in [5.74, 6) is 5.86. The summed E-state index contributed by atoms with van der Waals surface area (Å²) in [5, 5.41) is 1.98. The van der Waals surface area contributed by atoms with Gasteiger partial charge < -0.3 is 0 Å². The normalized spacial score (nSPS) is 23.6. The standard InChI is InChI=1S/C11H16N2/c12-13-8-4-7-11(13)9-10-5-2-1-3-6-10/h1-3,5-6,11H,4,7-9,12H2. The molecular weight excluding hydrogens is 160 g/mol. The number of nitrogens with zero attached hydrogens (tertiary/aromatic N) is 1. The predicted molar refractivity (Wildman–Crippen MR) is 54.1 cm³/mol. The van der Waals surface area contributed by atoms with Gasteiger partial charge in [-0.25, -0.2) is 5.01 Å². The molecule has 2 heteroatoms. The average Bonchev–Trinajstić information content (AvgIpc) is 2.54. The molecular formula is C11H16N2. The Kier molecular flexibility index (Phi) is 2.62. The maximum Gasteiger partial charge on any atom is 0.0282 e. The van der Waals surface area contributed by atoms with Gasteiger partial charge in [0, 0.05) is 12.6 Å².